The monoisotopic (exact) mass is 366 g/mol. The van der Waals surface area contributed by atoms with Crippen molar-refractivity contribution in [2.45, 2.75) is 6.92 Å². The molecule has 3 aromatic heterocycles. The molecule has 0 aliphatic carbocycles. The Balaban J connectivity index is 1.63. The van der Waals surface area contributed by atoms with Crippen LogP contribution in [0.1, 0.15) is 5.56 Å². The highest BCUT2D eigenvalue weighted by Gasteiger charge is 2.12. The Kier molecular flexibility index (Phi) is 3.79. The third-order valence-electron chi connectivity index (χ3n) is 4.97. The first kappa shape index (κ1) is 16.4. The van der Waals surface area contributed by atoms with Crippen LogP contribution in [-0.2, 0) is 0 Å². The topological polar surface area (TPSA) is 52.3 Å². The van der Waals surface area contributed by atoms with E-state index >= 15 is 0 Å². The second kappa shape index (κ2) is 6.46. The Morgan fingerprint density at radius 3 is 2.54 bits per heavy atom. The zero-order valence-corrected chi connectivity index (χ0v) is 15.6. The first-order chi connectivity index (χ1) is 13.7. The van der Waals surface area contributed by atoms with Crippen molar-refractivity contribution >= 4 is 16.6 Å². The molecule has 0 saturated heterocycles. The van der Waals surface area contributed by atoms with Gasteiger partial charge in [0.05, 0.1) is 18.8 Å². The van der Waals surface area contributed by atoms with Crippen molar-refractivity contribution in [1.82, 2.24) is 19.6 Å². The van der Waals surface area contributed by atoms with E-state index in [0.717, 1.165) is 44.6 Å². The SMILES string of the molecule is COc1ccc(-c2cnc3c(-c4ccnc5cc(C)ccc45)cnn3c2)cc1. The van der Waals surface area contributed by atoms with Gasteiger partial charge in [-0.2, -0.15) is 5.10 Å². The van der Waals surface area contributed by atoms with E-state index in [-0.39, 0.29) is 0 Å². The smallest absolute Gasteiger partial charge is 0.162 e. The van der Waals surface area contributed by atoms with Crippen LogP contribution in [0.25, 0.3) is 38.8 Å². The van der Waals surface area contributed by atoms with Crippen LogP contribution in [0.4, 0.5) is 0 Å². The molecule has 28 heavy (non-hydrogen) atoms. The first-order valence-corrected chi connectivity index (χ1v) is 9.06. The second-order valence-corrected chi connectivity index (χ2v) is 6.78. The molecule has 5 nitrogen and oxygen atoms in total. The number of methoxy groups -OCH3 is 1. The molecule has 0 N–H and O–H groups in total. The molecule has 5 aromatic rings. The highest BCUT2D eigenvalue weighted by Crippen LogP contribution is 2.31. The molecule has 0 aliphatic heterocycles. The lowest BCUT2D eigenvalue weighted by atomic mass is 10.0. The molecule has 0 fully saturated rings. The van der Waals surface area contributed by atoms with E-state index in [1.807, 2.05) is 59.6 Å². The lowest BCUT2D eigenvalue weighted by Crippen LogP contribution is -1.93. The zero-order valence-electron chi connectivity index (χ0n) is 15.6. The van der Waals surface area contributed by atoms with Crippen LogP contribution in [0.15, 0.2) is 73.3 Å². The number of rotatable bonds is 3. The largest absolute Gasteiger partial charge is 0.497 e. The van der Waals surface area contributed by atoms with E-state index in [1.54, 1.807) is 7.11 Å². The van der Waals surface area contributed by atoms with Gasteiger partial charge in [0.2, 0.25) is 0 Å². The maximum Gasteiger partial charge on any atom is 0.162 e. The van der Waals surface area contributed by atoms with Gasteiger partial charge in [-0.3, -0.25) is 4.98 Å². The lowest BCUT2D eigenvalue weighted by Gasteiger charge is -2.06. The van der Waals surface area contributed by atoms with Crippen molar-refractivity contribution in [1.29, 1.82) is 0 Å². The minimum atomic E-state index is 0.824. The van der Waals surface area contributed by atoms with Crippen molar-refractivity contribution in [3.8, 4) is 28.0 Å². The summed E-state index contributed by atoms with van der Waals surface area (Å²) in [6.07, 6.45) is 7.60. The molecule has 0 spiro atoms. The molecule has 0 aliphatic rings. The molecule has 136 valence electrons. The fourth-order valence-electron chi connectivity index (χ4n) is 3.49. The van der Waals surface area contributed by atoms with Crippen LogP contribution < -0.4 is 4.74 Å². The van der Waals surface area contributed by atoms with Gasteiger partial charge >= 0.3 is 0 Å². The van der Waals surface area contributed by atoms with Crippen LogP contribution in [0.3, 0.4) is 0 Å². The van der Waals surface area contributed by atoms with E-state index in [1.165, 1.54) is 5.56 Å². The van der Waals surface area contributed by atoms with Crippen LogP contribution in [0.5, 0.6) is 5.75 Å². The molecular weight excluding hydrogens is 348 g/mol. The normalized spacial score (nSPS) is 11.2. The Labute approximate surface area is 162 Å². The number of aryl methyl sites for hydroxylation is 1. The quantitative estimate of drug-likeness (QED) is 0.454. The predicted molar refractivity (Wildman–Crippen MR) is 110 cm³/mol. The van der Waals surface area contributed by atoms with Gasteiger partial charge in [-0.05, 0) is 47.9 Å². The van der Waals surface area contributed by atoms with Crippen LogP contribution in [0, 0.1) is 6.92 Å². The van der Waals surface area contributed by atoms with Gasteiger partial charge in [0.25, 0.3) is 0 Å². The number of hydrogen-bond acceptors (Lipinski definition) is 4. The van der Waals surface area contributed by atoms with Crippen LogP contribution >= 0.6 is 0 Å². The average molecular weight is 366 g/mol. The fraction of sp³-hybridized carbons (Fsp3) is 0.0870. The number of ether oxygens (including phenoxy) is 1. The highest BCUT2D eigenvalue weighted by molar-refractivity contribution is 5.97. The van der Waals surface area contributed by atoms with Crippen molar-refractivity contribution in [3.63, 3.8) is 0 Å². The maximum absolute atomic E-state index is 5.23. The van der Waals surface area contributed by atoms with Crippen LogP contribution in [0.2, 0.25) is 0 Å². The summed E-state index contributed by atoms with van der Waals surface area (Å²) in [6.45, 7) is 2.07. The number of nitrogens with zero attached hydrogens (tertiary/aromatic N) is 4. The molecule has 5 heteroatoms. The standard InChI is InChI=1S/C23H18N4O/c1-15-3-8-20-19(9-10-24-22(20)11-15)21-13-26-27-14-17(12-25-23(21)27)16-4-6-18(28-2)7-5-16/h3-14H,1-2H3. The lowest BCUT2D eigenvalue weighted by molar-refractivity contribution is 0.415. The Hall–Kier alpha value is -3.73. The number of aromatic nitrogens is 4. The zero-order chi connectivity index (χ0) is 19.1. The minimum absolute atomic E-state index is 0.824. The van der Waals surface area contributed by atoms with Gasteiger partial charge in [0.1, 0.15) is 5.75 Å². The fourth-order valence-corrected chi connectivity index (χ4v) is 3.49. The van der Waals surface area contributed by atoms with E-state index < -0.39 is 0 Å². The molecule has 2 aromatic carbocycles. The molecular formula is C23H18N4O. The summed E-state index contributed by atoms with van der Waals surface area (Å²) in [7, 11) is 1.66. The highest BCUT2D eigenvalue weighted by atomic mass is 16.5. The third kappa shape index (κ3) is 2.68. The molecule has 0 radical (unpaired) electrons. The number of hydrogen-bond donors (Lipinski definition) is 0. The number of benzene rings is 2. The van der Waals surface area contributed by atoms with Gasteiger partial charge in [0.15, 0.2) is 5.65 Å². The summed E-state index contributed by atoms with van der Waals surface area (Å²) in [5, 5.41) is 5.65. The summed E-state index contributed by atoms with van der Waals surface area (Å²) >= 11 is 0. The summed E-state index contributed by atoms with van der Waals surface area (Å²) in [5.41, 5.74) is 7.15. The second-order valence-electron chi connectivity index (χ2n) is 6.78. The van der Waals surface area contributed by atoms with E-state index in [9.17, 15) is 0 Å². The van der Waals surface area contributed by atoms with Crippen molar-refractivity contribution in [2.24, 2.45) is 0 Å². The average Bonchev–Trinajstić information content (AvgIpc) is 3.16. The van der Waals surface area contributed by atoms with E-state index in [4.69, 9.17) is 9.72 Å². The Morgan fingerprint density at radius 2 is 1.71 bits per heavy atom. The van der Waals surface area contributed by atoms with Gasteiger partial charge < -0.3 is 4.74 Å². The van der Waals surface area contributed by atoms with E-state index in [2.05, 4.69) is 35.2 Å². The summed E-state index contributed by atoms with van der Waals surface area (Å²) in [6, 6.07) is 16.3. The molecule has 0 unspecified atom stereocenters. The molecule has 3 heterocycles. The van der Waals surface area contributed by atoms with E-state index in [0.29, 0.717) is 0 Å². The number of pyridine rings is 1. The van der Waals surface area contributed by atoms with Gasteiger partial charge in [-0.1, -0.05) is 24.3 Å². The van der Waals surface area contributed by atoms with Crippen molar-refractivity contribution in [2.75, 3.05) is 7.11 Å². The Morgan fingerprint density at radius 1 is 0.857 bits per heavy atom. The van der Waals surface area contributed by atoms with Crippen LogP contribution in [-0.4, -0.2) is 26.7 Å². The van der Waals surface area contributed by atoms with Gasteiger partial charge in [-0.25, -0.2) is 9.50 Å². The van der Waals surface area contributed by atoms with Crippen molar-refractivity contribution in [3.05, 3.63) is 78.9 Å². The van der Waals surface area contributed by atoms with Crippen molar-refractivity contribution < 1.29 is 4.74 Å². The molecule has 0 amide bonds. The minimum Gasteiger partial charge on any atom is -0.497 e. The number of fused-ring (bicyclic) bond motifs is 2. The third-order valence-corrected chi connectivity index (χ3v) is 4.97. The van der Waals surface area contributed by atoms with Gasteiger partial charge in [-0.15, -0.1) is 0 Å². The summed E-state index contributed by atoms with van der Waals surface area (Å²) in [4.78, 5) is 9.21. The maximum atomic E-state index is 5.23. The predicted octanol–water partition coefficient (Wildman–Crippen LogP) is 4.93. The molecule has 0 atom stereocenters. The first-order valence-electron chi connectivity index (χ1n) is 9.06. The summed E-state index contributed by atoms with van der Waals surface area (Å²) < 4.78 is 7.06. The molecule has 0 saturated carbocycles. The molecule has 0 bridgehead atoms. The Bertz CT molecular complexity index is 1310. The van der Waals surface area contributed by atoms with Gasteiger partial charge in [0, 0.05) is 35.1 Å². The molecule has 5 rings (SSSR count). The summed E-state index contributed by atoms with van der Waals surface area (Å²) in [5.74, 6) is 0.832.